The number of benzene rings is 5. The molecule has 20 N–H and O–H groups in total. The first-order valence-electron chi connectivity index (χ1n) is 32.5. The van der Waals surface area contributed by atoms with Gasteiger partial charge in [-0.05, 0) is 116 Å². The summed E-state index contributed by atoms with van der Waals surface area (Å²) < 4.78 is 10.9. The Morgan fingerprint density at radius 2 is 0.685 bits per heavy atom. The van der Waals surface area contributed by atoms with Crippen LogP contribution in [0.1, 0.15) is 56.9 Å². The molecule has 3 aliphatic heterocycles. The molecule has 0 aliphatic carbocycles. The fourth-order valence-electron chi connectivity index (χ4n) is 11.7. The molecule has 3 saturated heterocycles. The average molecular weight is 1240 g/mol. The van der Waals surface area contributed by atoms with Crippen molar-refractivity contribution < 1.29 is 27.2 Å². The third-order valence-electron chi connectivity index (χ3n) is 17.9. The second kappa shape index (κ2) is 34.9. The number of hydrogen-bond acceptors (Lipinski definition) is 15. The third-order valence-corrected chi connectivity index (χ3v) is 17.9. The smallest absolute Gasteiger partial charge is 0.102 e. The third kappa shape index (κ3) is 27.4. The quantitative estimate of drug-likeness (QED) is 0.0172. The molecule has 8 rings (SSSR count). The number of unbranched alkanes of at least 4 members (excludes halogenated alkanes) is 1. The van der Waals surface area contributed by atoms with E-state index < -0.39 is 0 Å². The number of morpholine rings is 1. The maximum atomic E-state index is 6.01. The van der Waals surface area contributed by atoms with Gasteiger partial charge in [0, 0.05) is 114 Å². The SMILES string of the molecule is CN(CCC[N+](C)(C)C)c1cc(N)ccc1N.CN(CCC[N+]1(C)CCCC1)c1cc(N)ccc1N.CN(CC[N+](C)(C)C)c1cc(N)ccc1N.CN(CC[N+]1(C)CCCC1)c1cc(N)ccc1N.C[N+]1(CCCCc2cc(N)ccc2N)CCOCC1. The summed E-state index contributed by atoms with van der Waals surface area (Å²) in [5, 5.41) is 0. The molecule has 5 aromatic carbocycles. The van der Waals surface area contributed by atoms with Crippen molar-refractivity contribution in [2.75, 3.05) is 280 Å². The summed E-state index contributed by atoms with van der Waals surface area (Å²) in [5.41, 5.74) is 72.0. The molecule has 5 aromatic rings. The number of quaternary nitrogens is 5. The van der Waals surface area contributed by atoms with Crippen molar-refractivity contribution in [3.63, 3.8) is 0 Å². The minimum absolute atomic E-state index is 0.751. The number of likely N-dealkylation sites (tertiary alicyclic amines) is 2. The second-order valence-electron chi connectivity index (χ2n) is 28.5. The van der Waals surface area contributed by atoms with Crippen LogP contribution >= 0.6 is 0 Å². The zero-order valence-corrected chi connectivity index (χ0v) is 57.8. The van der Waals surface area contributed by atoms with E-state index >= 15 is 0 Å². The number of nitrogens with two attached hydrogens (primary N) is 10. The van der Waals surface area contributed by atoms with E-state index in [4.69, 9.17) is 62.1 Å². The number of hydrogen-bond donors (Lipinski definition) is 10. The maximum absolute atomic E-state index is 6.01. The molecule has 498 valence electrons. The summed E-state index contributed by atoms with van der Waals surface area (Å²) in [5.74, 6) is 0. The van der Waals surface area contributed by atoms with E-state index in [1.807, 2.05) is 98.0 Å². The minimum atomic E-state index is 0.751. The van der Waals surface area contributed by atoms with E-state index in [2.05, 4.69) is 104 Å². The van der Waals surface area contributed by atoms with Gasteiger partial charge in [0.25, 0.3) is 0 Å². The van der Waals surface area contributed by atoms with Gasteiger partial charge in [-0.3, -0.25) is 0 Å². The van der Waals surface area contributed by atoms with Crippen molar-refractivity contribution >= 4 is 79.6 Å². The second-order valence-corrected chi connectivity index (χ2v) is 28.5. The first-order chi connectivity index (χ1) is 41.7. The van der Waals surface area contributed by atoms with Crippen LogP contribution in [0.4, 0.5) is 79.6 Å². The van der Waals surface area contributed by atoms with Gasteiger partial charge in [-0.25, -0.2) is 0 Å². The van der Waals surface area contributed by atoms with Crippen molar-refractivity contribution in [1.29, 1.82) is 0 Å². The average Bonchev–Trinajstić information content (AvgIpc) is 4.29. The molecule has 3 fully saturated rings. The van der Waals surface area contributed by atoms with Gasteiger partial charge in [-0.2, -0.15) is 0 Å². The Balaban J connectivity index is 0.000000238. The molecule has 3 heterocycles. The predicted octanol–water partition coefficient (Wildman–Crippen LogP) is 7.47. The number of aryl methyl sites for hydroxylation is 1. The van der Waals surface area contributed by atoms with Gasteiger partial charge in [0.1, 0.15) is 13.1 Å². The van der Waals surface area contributed by atoms with Crippen LogP contribution in [-0.4, -0.2) is 225 Å². The standard InChI is InChI=1S/C15H27N4.C15H26N3O.C14H25N4.C13H25N4.C12H23N4/c1-18(15-12-13(16)6-7-14(15)17)8-5-11-19(2)9-3-4-10-19;1-18(8-10-19-11-9-18)7-3-2-4-13-12-14(16)5-6-15(13)17;1-17(7-10-18(2)8-3-4-9-18)14-11-12(15)5-6-13(14)16;1-16(8-5-9-17(2,3)4)13-10-11(14)6-7-12(13)15;1-15(7-8-16(2,3)4)12-9-10(13)5-6-11(12)14/h6-7,12H,3-5,8-11,16-17H2,1-2H3;5-6,12H,2-4,7-11,16-17H2,1H3;5-6,11H,3-4,7-10,15-16H2,1-2H3;6-7,10H,5,8-9,14-15H2,1-4H3;5-6,9H,7-8,13-14H2,1-4H3/q5*+1. The van der Waals surface area contributed by atoms with Gasteiger partial charge in [0.05, 0.1) is 194 Å². The molecule has 20 nitrogen and oxygen atoms in total. The fraction of sp³-hybridized carbons (Fsp3) is 0.565. The number of likely N-dealkylation sites (N-methyl/N-ethyl adjacent to an activating group) is 5. The number of ether oxygens (including phenoxy) is 1. The Hall–Kier alpha value is -6.94. The largest absolute Gasteiger partial charge is 0.399 e. The Labute approximate surface area is 538 Å². The number of nitrogen functional groups attached to an aromatic ring is 10. The van der Waals surface area contributed by atoms with Gasteiger partial charge in [0.15, 0.2) is 0 Å². The van der Waals surface area contributed by atoms with E-state index in [-0.39, 0.29) is 0 Å². The van der Waals surface area contributed by atoms with Gasteiger partial charge in [-0.1, -0.05) is 0 Å². The molecule has 0 spiro atoms. The summed E-state index contributed by atoms with van der Waals surface area (Å²) in [4.78, 5) is 8.75. The minimum Gasteiger partial charge on any atom is -0.399 e. The van der Waals surface area contributed by atoms with Gasteiger partial charge >= 0.3 is 0 Å². The van der Waals surface area contributed by atoms with E-state index in [9.17, 15) is 0 Å². The number of anilines is 14. The van der Waals surface area contributed by atoms with Crippen molar-refractivity contribution in [3.8, 4) is 0 Å². The van der Waals surface area contributed by atoms with E-state index in [0.717, 1.165) is 171 Å². The summed E-state index contributed by atoms with van der Waals surface area (Å²) >= 11 is 0. The van der Waals surface area contributed by atoms with E-state index in [1.54, 1.807) is 0 Å². The first kappa shape index (κ1) is 74.5. The van der Waals surface area contributed by atoms with Gasteiger partial charge in [-0.15, -0.1) is 0 Å². The van der Waals surface area contributed by atoms with Crippen LogP contribution in [0.3, 0.4) is 0 Å². The van der Waals surface area contributed by atoms with Gasteiger partial charge < -0.3 is 104 Å². The highest BCUT2D eigenvalue weighted by molar-refractivity contribution is 5.74. The zero-order chi connectivity index (χ0) is 66.2. The lowest BCUT2D eigenvalue weighted by molar-refractivity contribution is -0.917. The molecule has 0 radical (unpaired) electrons. The lowest BCUT2D eigenvalue weighted by Crippen LogP contribution is -2.52. The number of rotatable bonds is 23. The summed E-state index contributed by atoms with van der Waals surface area (Å²) in [6.45, 7) is 19.2. The van der Waals surface area contributed by atoms with Crippen LogP contribution in [0.15, 0.2) is 91.0 Å². The predicted molar refractivity (Wildman–Crippen MR) is 389 cm³/mol. The Bertz CT molecular complexity index is 2870. The van der Waals surface area contributed by atoms with E-state index in [0.29, 0.717) is 0 Å². The zero-order valence-electron chi connectivity index (χ0n) is 57.8. The van der Waals surface area contributed by atoms with Crippen molar-refractivity contribution in [3.05, 3.63) is 96.6 Å². The normalized spacial score (nSPS) is 15.6. The van der Waals surface area contributed by atoms with Crippen molar-refractivity contribution in [2.24, 2.45) is 0 Å². The summed E-state index contributed by atoms with van der Waals surface area (Å²) in [6.07, 6.45) is 11.2. The summed E-state index contributed by atoms with van der Waals surface area (Å²) in [6, 6.07) is 28.4. The van der Waals surface area contributed by atoms with Crippen molar-refractivity contribution in [2.45, 2.75) is 57.8 Å². The van der Waals surface area contributed by atoms with Crippen LogP contribution in [0.25, 0.3) is 0 Å². The maximum Gasteiger partial charge on any atom is 0.102 e. The lowest BCUT2D eigenvalue weighted by atomic mass is 10.0. The molecule has 0 saturated carbocycles. The monoisotopic (exact) mass is 1240 g/mol. The lowest BCUT2D eigenvalue weighted by Gasteiger charge is -2.37. The number of nitrogens with zero attached hydrogens (tertiary/aromatic N) is 9. The highest BCUT2D eigenvalue weighted by Crippen LogP contribution is 2.29. The van der Waals surface area contributed by atoms with Crippen LogP contribution in [-0.2, 0) is 11.2 Å². The molecule has 0 bridgehead atoms. The van der Waals surface area contributed by atoms with Crippen LogP contribution < -0.4 is 76.9 Å². The Morgan fingerprint density at radius 3 is 1.09 bits per heavy atom. The Morgan fingerprint density at radius 1 is 0.360 bits per heavy atom. The molecular weight excluding hydrogens is 1110 g/mol. The molecular formula is C69H126N19O+5. The van der Waals surface area contributed by atoms with Crippen LogP contribution in [0.2, 0.25) is 0 Å². The highest BCUT2D eigenvalue weighted by atomic mass is 16.5. The Kier molecular flexibility index (Phi) is 29.2. The van der Waals surface area contributed by atoms with Crippen LogP contribution in [0, 0.1) is 0 Å². The molecule has 89 heavy (non-hydrogen) atoms. The molecule has 3 aliphatic rings. The fourth-order valence-corrected chi connectivity index (χ4v) is 11.7. The highest BCUT2D eigenvalue weighted by Gasteiger charge is 2.28. The van der Waals surface area contributed by atoms with Gasteiger partial charge in [0.2, 0.25) is 0 Å². The molecule has 0 aromatic heterocycles. The summed E-state index contributed by atoms with van der Waals surface area (Å²) in [7, 11) is 28.5. The first-order valence-corrected chi connectivity index (χ1v) is 32.5. The van der Waals surface area contributed by atoms with Crippen LogP contribution in [0.5, 0.6) is 0 Å². The molecule has 0 unspecified atom stereocenters. The van der Waals surface area contributed by atoms with E-state index in [1.165, 1.54) is 105 Å². The molecule has 20 heteroatoms. The molecule has 0 atom stereocenters. The van der Waals surface area contributed by atoms with Crippen molar-refractivity contribution in [1.82, 2.24) is 0 Å². The molecule has 0 amide bonds. The topological polar surface area (TPSA) is 282 Å².